The van der Waals surface area contributed by atoms with E-state index in [0.717, 1.165) is 17.1 Å². The lowest BCUT2D eigenvalue weighted by Crippen LogP contribution is -2.50. The molecule has 110 valence electrons. The number of carboxylic acid groups (broad SMARTS) is 1. The number of rotatable bonds is 5. The largest absolute Gasteiger partial charge is 0.497 e. The maximum atomic E-state index is 11.1. The first-order valence-corrected chi connectivity index (χ1v) is 6.43. The van der Waals surface area contributed by atoms with Crippen molar-refractivity contribution < 1.29 is 19.4 Å². The highest BCUT2D eigenvalue weighted by Crippen LogP contribution is 2.26. The monoisotopic (exact) mass is 280 g/mol. The number of likely N-dealkylation sites (tertiary alicyclic amines) is 1. The normalized spacial score (nSPS) is 22.8. The van der Waals surface area contributed by atoms with Crippen LogP contribution in [0.25, 0.3) is 0 Å². The molecule has 0 saturated carbocycles. The summed E-state index contributed by atoms with van der Waals surface area (Å²) in [5, 5.41) is 9.13. The molecule has 0 spiro atoms. The third kappa shape index (κ3) is 3.02. The van der Waals surface area contributed by atoms with Gasteiger partial charge in [0.25, 0.3) is 0 Å². The maximum absolute atomic E-state index is 11.1. The topological polar surface area (TPSA) is 85.0 Å². The number of methoxy groups -OCH3 is 2. The van der Waals surface area contributed by atoms with E-state index in [1.807, 2.05) is 17.0 Å². The molecule has 1 aliphatic rings. The molecule has 0 aliphatic carbocycles. The van der Waals surface area contributed by atoms with E-state index in [1.54, 1.807) is 20.3 Å². The van der Waals surface area contributed by atoms with Crippen molar-refractivity contribution in [2.45, 2.75) is 18.5 Å². The molecule has 0 aromatic heterocycles. The summed E-state index contributed by atoms with van der Waals surface area (Å²) in [6.45, 7) is 1.64. The zero-order valence-electron chi connectivity index (χ0n) is 11.8. The van der Waals surface area contributed by atoms with E-state index >= 15 is 0 Å². The van der Waals surface area contributed by atoms with Gasteiger partial charge in [0.2, 0.25) is 0 Å². The van der Waals surface area contributed by atoms with Crippen LogP contribution in [-0.2, 0) is 11.3 Å². The Hall–Kier alpha value is -1.79. The van der Waals surface area contributed by atoms with Crippen LogP contribution in [0, 0.1) is 0 Å². The third-order valence-electron chi connectivity index (χ3n) is 3.62. The Morgan fingerprint density at radius 2 is 1.95 bits per heavy atom. The van der Waals surface area contributed by atoms with Crippen LogP contribution in [0.4, 0.5) is 0 Å². The summed E-state index contributed by atoms with van der Waals surface area (Å²) in [6, 6.07) is 5.64. The van der Waals surface area contributed by atoms with Gasteiger partial charge in [-0.25, -0.2) is 0 Å². The molecule has 0 amide bonds. The van der Waals surface area contributed by atoms with Crippen molar-refractivity contribution in [3.8, 4) is 11.5 Å². The molecule has 1 saturated heterocycles. The van der Waals surface area contributed by atoms with E-state index in [0.29, 0.717) is 26.1 Å². The maximum Gasteiger partial charge on any atom is 0.325 e. The molecule has 2 rings (SSSR count). The number of aliphatic carboxylic acids is 1. The van der Waals surface area contributed by atoms with E-state index in [-0.39, 0.29) is 0 Å². The van der Waals surface area contributed by atoms with Crippen molar-refractivity contribution in [1.29, 1.82) is 0 Å². The number of benzene rings is 1. The molecule has 3 N–H and O–H groups in total. The lowest BCUT2D eigenvalue weighted by Gasteiger charge is -2.20. The standard InChI is InChI=1S/C14H20N2O4/c1-19-11-5-10(6-12(7-11)20-2)8-16-4-3-14(15,9-16)13(17)18/h5-7H,3-4,8-9,15H2,1-2H3,(H,17,18). The number of carboxylic acids is 1. The van der Waals surface area contributed by atoms with Gasteiger partial charge < -0.3 is 20.3 Å². The molecule has 1 aromatic rings. The molecular formula is C14H20N2O4. The minimum Gasteiger partial charge on any atom is -0.497 e. The summed E-state index contributed by atoms with van der Waals surface area (Å²) < 4.78 is 10.4. The molecule has 6 nitrogen and oxygen atoms in total. The van der Waals surface area contributed by atoms with Crippen molar-refractivity contribution in [2.24, 2.45) is 5.73 Å². The van der Waals surface area contributed by atoms with Crippen LogP contribution in [-0.4, -0.2) is 48.8 Å². The first kappa shape index (κ1) is 14.6. The van der Waals surface area contributed by atoms with Crippen LogP contribution in [0.3, 0.4) is 0 Å². The summed E-state index contributed by atoms with van der Waals surface area (Å²) in [7, 11) is 3.20. The molecule has 1 aliphatic heterocycles. The molecule has 20 heavy (non-hydrogen) atoms. The highest BCUT2D eigenvalue weighted by atomic mass is 16.5. The molecule has 1 aromatic carbocycles. The molecule has 0 radical (unpaired) electrons. The van der Waals surface area contributed by atoms with Crippen LogP contribution >= 0.6 is 0 Å². The molecule has 1 heterocycles. The molecule has 1 unspecified atom stereocenters. The SMILES string of the molecule is COc1cc(CN2CCC(N)(C(=O)O)C2)cc(OC)c1. The Morgan fingerprint density at radius 3 is 2.40 bits per heavy atom. The van der Waals surface area contributed by atoms with Gasteiger partial charge in [0.05, 0.1) is 14.2 Å². The lowest BCUT2D eigenvalue weighted by atomic mass is 10.0. The van der Waals surface area contributed by atoms with E-state index in [4.69, 9.17) is 20.3 Å². The fourth-order valence-corrected chi connectivity index (χ4v) is 2.44. The molecule has 1 atom stereocenters. The van der Waals surface area contributed by atoms with Crippen LogP contribution < -0.4 is 15.2 Å². The zero-order valence-corrected chi connectivity index (χ0v) is 11.8. The van der Waals surface area contributed by atoms with E-state index < -0.39 is 11.5 Å². The van der Waals surface area contributed by atoms with Gasteiger partial charge in [0, 0.05) is 25.7 Å². The summed E-state index contributed by atoms with van der Waals surface area (Å²) in [4.78, 5) is 13.2. The van der Waals surface area contributed by atoms with Crippen molar-refractivity contribution in [1.82, 2.24) is 4.90 Å². The van der Waals surface area contributed by atoms with Crippen LogP contribution in [0.5, 0.6) is 11.5 Å². The fraction of sp³-hybridized carbons (Fsp3) is 0.500. The Morgan fingerprint density at radius 1 is 1.35 bits per heavy atom. The van der Waals surface area contributed by atoms with E-state index in [9.17, 15) is 4.79 Å². The zero-order chi connectivity index (χ0) is 14.8. The summed E-state index contributed by atoms with van der Waals surface area (Å²) in [5.41, 5.74) is 5.74. The summed E-state index contributed by atoms with van der Waals surface area (Å²) >= 11 is 0. The van der Waals surface area contributed by atoms with Crippen LogP contribution in [0.15, 0.2) is 18.2 Å². The third-order valence-corrected chi connectivity index (χ3v) is 3.62. The molecular weight excluding hydrogens is 260 g/mol. The second-order valence-corrected chi connectivity index (χ2v) is 5.14. The van der Waals surface area contributed by atoms with Gasteiger partial charge in [0.15, 0.2) is 0 Å². The highest BCUT2D eigenvalue weighted by molar-refractivity contribution is 5.79. The summed E-state index contributed by atoms with van der Waals surface area (Å²) in [6.07, 6.45) is 0.462. The van der Waals surface area contributed by atoms with Gasteiger partial charge >= 0.3 is 5.97 Å². The van der Waals surface area contributed by atoms with Crippen molar-refractivity contribution in [3.05, 3.63) is 23.8 Å². The Kier molecular flexibility index (Phi) is 4.15. The van der Waals surface area contributed by atoms with Gasteiger partial charge in [-0.1, -0.05) is 0 Å². The first-order valence-electron chi connectivity index (χ1n) is 6.43. The van der Waals surface area contributed by atoms with E-state index in [1.165, 1.54) is 0 Å². The number of hydrogen-bond acceptors (Lipinski definition) is 5. The first-order chi connectivity index (χ1) is 9.46. The second-order valence-electron chi connectivity index (χ2n) is 5.14. The quantitative estimate of drug-likeness (QED) is 0.825. The minimum atomic E-state index is -1.14. The smallest absolute Gasteiger partial charge is 0.325 e. The van der Waals surface area contributed by atoms with Crippen LogP contribution in [0.2, 0.25) is 0 Å². The number of nitrogens with zero attached hydrogens (tertiary/aromatic N) is 1. The van der Waals surface area contributed by atoms with Crippen molar-refractivity contribution >= 4 is 5.97 Å². The number of carbonyl (C=O) groups is 1. The molecule has 0 bridgehead atoms. The highest BCUT2D eigenvalue weighted by Gasteiger charge is 2.41. The average Bonchev–Trinajstić information content (AvgIpc) is 2.81. The fourth-order valence-electron chi connectivity index (χ4n) is 2.44. The van der Waals surface area contributed by atoms with Crippen molar-refractivity contribution in [2.75, 3.05) is 27.3 Å². The van der Waals surface area contributed by atoms with Crippen LogP contribution in [0.1, 0.15) is 12.0 Å². The number of hydrogen-bond donors (Lipinski definition) is 2. The Bertz CT molecular complexity index is 484. The van der Waals surface area contributed by atoms with Gasteiger partial charge in [-0.15, -0.1) is 0 Å². The predicted octanol–water partition coefficient (Wildman–Crippen LogP) is 0.692. The van der Waals surface area contributed by atoms with Crippen molar-refractivity contribution in [3.63, 3.8) is 0 Å². The Labute approximate surface area is 118 Å². The number of ether oxygens (including phenoxy) is 2. The summed E-state index contributed by atoms with van der Waals surface area (Å²) in [5.74, 6) is 0.495. The Balaban J connectivity index is 2.09. The lowest BCUT2D eigenvalue weighted by molar-refractivity contribution is -0.142. The minimum absolute atomic E-state index is 0.349. The molecule has 1 fully saturated rings. The van der Waals surface area contributed by atoms with Gasteiger partial charge in [0.1, 0.15) is 17.0 Å². The van der Waals surface area contributed by atoms with E-state index in [2.05, 4.69) is 0 Å². The predicted molar refractivity (Wildman–Crippen MR) is 74.0 cm³/mol. The molecule has 6 heteroatoms. The number of nitrogens with two attached hydrogens (primary N) is 1. The van der Waals surface area contributed by atoms with Gasteiger partial charge in [-0.3, -0.25) is 9.69 Å². The van der Waals surface area contributed by atoms with Gasteiger partial charge in [-0.2, -0.15) is 0 Å². The second kappa shape index (κ2) is 5.68. The van der Waals surface area contributed by atoms with Gasteiger partial charge in [-0.05, 0) is 24.1 Å². The average molecular weight is 280 g/mol.